The van der Waals surface area contributed by atoms with Crippen molar-refractivity contribution in [2.45, 2.75) is 25.5 Å². The SMILES string of the molecule is CCC(=O)c1ccc(N2CCSC(C)C2)cn1. The number of carbonyl (C=O) groups is 1. The van der Waals surface area contributed by atoms with E-state index in [0.717, 1.165) is 24.5 Å². The average Bonchev–Trinajstić information content (AvgIpc) is 2.38. The molecule has 0 aliphatic carbocycles. The summed E-state index contributed by atoms with van der Waals surface area (Å²) >= 11 is 2.01. The molecule has 1 aromatic rings. The maximum Gasteiger partial charge on any atom is 0.180 e. The quantitative estimate of drug-likeness (QED) is 0.772. The number of thioether (sulfide) groups is 1. The monoisotopic (exact) mass is 250 g/mol. The zero-order valence-corrected chi connectivity index (χ0v) is 11.2. The van der Waals surface area contributed by atoms with Crippen LogP contribution in [0.25, 0.3) is 0 Å². The van der Waals surface area contributed by atoms with Crippen LogP contribution in [0.15, 0.2) is 18.3 Å². The van der Waals surface area contributed by atoms with E-state index in [4.69, 9.17) is 0 Å². The van der Waals surface area contributed by atoms with E-state index in [-0.39, 0.29) is 5.78 Å². The van der Waals surface area contributed by atoms with E-state index in [1.165, 1.54) is 0 Å². The Balaban J connectivity index is 2.09. The minimum atomic E-state index is 0.110. The van der Waals surface area contributed by atoms with Gasteiger partial charge >= 0.3 is 0 Å². The maximum atomic E-state index is 11.5. The fraction of sp³-hybridized carbons (Fsp3) is 0.538. The Bertz CT molecular complexity index is 391. The zero-order chi connectivity index (χ0) is 12.3. The lowest BCUT2D eigenvalue weighted by Gasteiger charge is -2.32. The highest BCUT2D eigenvalue weighted by Gasteiger charge is 2.17. The van der Waals surface area contributed by atoms with Gasteiger partial charge in [0.15, 0.2) is 5.78 Å². The summed E-state index contributed by atoms with van der Waals surface area (Å²) in [6.45, 7) is 6.24. The van der Waals surface area contributed by atoms with Crippen molar-refractivity contribution in [2.75, 3.05) is 23.7 Å². The third kappa shape index (κ3) is 3.00. The molecule has 1 fully saturated rings. The first-order valence-electron chi connectivity index (χ1n) is 6.06. The molecule has 0 saturated carbocycles. The van der Waals surface area contributed by atoms with Gasteiger partial charge in [0.1, 0.15) is 5.69 Å². The van der Waals surface area contributed by atoms with Crippen LogP contribution in [0.1, 0.15) is 30.8 Å². The highest BCUT2D eigenvalue weighted by atomic mass is 32.2. The molecule has 2 rings (SSSR count). The minimum absolute atomic E-state index is 0.110. The van der Waals surface area contributed by atoms with E-state index in [0.29, 0.717) is 17.4 Å². The largest absolute Gasteiger partial charge is 0.368 e. The normalized spacial score (nSPS) is 20.4. The van der Waals surface area contributed by atoms with E-state index < -0.39 is 0 Å². The van der Waals surface area contributed by atoms with Gasteiger partial charge < -0.3 is 4.90 Å². The Morgan fingerprint density at radius 2 is 2.41 bits per heavy atom. The summed E-state index contributed by atoms with van der Waals surface area (Å²) < 4.78 is 0. The van der Waals surface area contributed by atoms with Crippen molar-refractivity contribution in [3.63, 3.8) is 0 Å². The molecule has 17 heavy (non-hydrogen) atoms. The Hall–Kier alpha value is -1.03. The Morgan fingerprint density at radius 1 is 1.59 bits per heavy atom. The number of hydrogen-bond donors (Lipinski definition) is 0. The molecule has 92 valence electrons. The molecule has 2 heterocycles. The Morgan fingerprint density at radius 3 is 3.00 bits per heavy atom. The second-order valence-electron chi connectivity index (χ2n) is 4.31. The number of carbonyl (C=O) groups excluding carboxylic acids is 1. The molecule has 1 unspecified atom stereocenters. The summed E-state index contributed by atoms with van der Waals surface area (Å²) in [4.78, 5) is 18.1. The Kier molecular flexibility index (Phi) is 4.05. The molecule has 4 heteroatoms. The predicted octanol–water partition coefficient (Wildman–Crippen LogP) is 2.62. The molecule has 1 aliphatic heterocycles. The van der Waals surface area contributed by atoms with E-state index in [1.54, 1.807) is 0 Å². The number of aromatic nitrogens is 1. The maximum absolute atomic E-state index is 11.5. The smallest absolute Gasteiger partial charge is 0.180 e. The highest BCUT2D eigenvalue weighted by Crippen LogP contribution is 2.23. The molecule has 1 aliphatic rings. The van der Waals surface area contributed by atoms with Crippen molar-refractivity contribution < 1.29 is 4.79 Å². The van der Waals surface area contributed by atoms with Crippen LogP contribution in [0.5, 0.6) is 0 Å². The predicted molar refractivity (Wildman–Crippen MR) is 73.0 cm³/mol. The molecular formula is C13H18N2OS. The van der Waals surface area contributed by atoms with E-state index in [9.17, 15) is 4.79 Å². The fourth-order valence-electron chi connectivity index (χ4n) is 1.97. The van der Waals surface area contributed by atoms with Gasteiger partial charge in [0.2, 0.25) is 0 Å². The topological polar surface area (TPSA) is 33.2 Å². The Labute approximate surface area is 107 Å². The number of pyridine rings is 1. The van der Waals surface area contributed by atoms with Gasteiger partial charge in [-0.2, -0.15) is 11.8 Å². The molecule has 1 aromatic heterocycles. The molecule has 0 aromatic carbocycles. The number of Topliss-reactive ketones (excluding diaryl/α,β-unsaturated/α-hetero) is 1. The summed E-state index contributed by atoms with van der Waals surface area (Å²) in [6, 6.07) is 3.85. The van der Waals surface area contributed by atoms with Crippen molar-refractivity contribution in [3.8, 4) is 0 Å². The summed E-state index contributed by atoms with van der Waals surface area (Å²) in [5.41, 5.74) is 1.71. The lowest BCUT2D eigenvalue weighted by atomic mass is 10.2. The van der Waals surface area contributed by atoms with Crippen LogP contribution in [-0.2, 0) is 0 Å². The van der Waals surface area contributed by atoms with Crippen molar-refractivity contribution in [1.29, 1.82) is 0 Å². The van der Waals surface area contributed by atoms with E-state index in [1.807, 2.05) is 37.0 Å². The first-order chi connectivity index (χ1) is 8.20. The number of anilines is 1. The molecule has 0 spiro atoms. The van der Waals surface area contributed by atoms with Gasteiger partial charge in [0.25, 0.3) is 0 Å². The fourth-order valence-corrected chi connectivity index (χ4v) is 2.99. The number of rotatable bonds is 3. The molecule has 0 N–H and O–H groups in total. The van der Waals surface area contributed by atoms with Crippen molar-refractivity contribution in [3.05, 3.63) is 24.0 Å². The highest BCUT2D eigenvalue weighted by molar-refractivity contribution is 8.00. The molecule has 1 saturated heterocycles. The van der Waals surface area contributed by atoms with Crippen molar-refractivity contribution in [2.24, 2.45) is 0 Å². The van der Waals surface area contributed by atoms with Crippen LogP contribution < -0.4 is 4.90 Å². The molecule has 0 bridgehead atoms. The number of nitrogens with zero attached hydrogens (tertiary/aromatic N) is 2. The number of hydrogen-bond acceptors (Lipinski definition) is 4. The van der Waals surface area contributed by atoms with Crippen molar-refractivity contribution in [1.82, 2.24) is 4.98 Å². The second kappa shape index (κ2) is 5.54. The van der Waals surface area contributed by atoms with Gasteiger partial charge in [-0.1, -0.05) is 13.8 Å². The van der Waals surface area contributed by atoms with Gasteiger partial charge in [0, 0.05) is 30.5 Å². The van der Waals surface area contributed by atoms with Crippen LogP contribution in [0.2, 0.25) is 0 Å². The average molecular weight is 250 g/mol. The zero-order valence-electron chi connectivity index (χ0n) is 10.3. The van der Waals surface area contributed by atoms with Gasteiger partial charge in [-0.15, -0.1) is 0 Å². The van der Waals surface area contributed by atoms with Crippen molar-refractivity contribution >= 4 is 23.2 Å². The van der Waals surface area contributed by atoms with Gasteiger partial charge in [-0.05, 0) is 12.1 Å². The summed E-state index contributed by atoms with van der Waals surface area (Å²) in [6.07, 6.45) is 2.34. The lowest BCUT2D eigenvalue weighted by Crippen LogP contribution is -2.36. The second-order valence-corrected chi connectivity index (χ2v) is 5.85. The van der Waals surface area contributed by atoms with Crippen LogP contribution in [0, 0.1) is 0 Å². The molecule has 1 atom stereocenters. The van der Waals surface area contributed by atoms with Gasteiger partial charge in [0.05, 0.1) is 11.9 Å². The van der Waals surface area contributed by atoms with Gasteiger partial charge in [-0.25, -0.2) is 0 Å². The lowest BCUT2D eigenvalue weighted by molar-refractivity contribution is 0.0983. The summed E-state index contributed by atoms with van der Waals surface area (Å²) in [7, 11) is 0. The molecular weight excluding hydrogens is 232 g/mol. The summed E-state index contributed by atoms with van der Waals surface area (Å²) in [5, 5.41) is 0.667. The first-order valence-corrected chi connectivity index (χ1v) is 7.11. The van der Waals surface area contributed by atoms with E-state index in [2.05, 4.69) is 16.8 Å². The standard InChI is InChI=1S/C13H18N2OS/c1-3-13(16)12-5-4-11(8-14-12)15-6-7-17-10(2)9-15/h4-5,8,10H,3,6-7,9H2,1-2H3. The van der Waals surface area contributed by atoms with Gasteiger partial charge in [-0.3, -0.25) is 9.78 Å². The van der Waals surface area contributed by atoms with Crippen LogP contribution >= 0.6 is 11.8 Å². The van der Waals surface area contributed by atoms with Crippen LogP contribution in [-0.4, -0.2) is 34.9 Å². The third-order valence-electron chi connectivity index (χ3n) is 2.96. The minimum Gasteiger partial charge on any atom is -0.368 e. The van der Waals surface area contributed by atoms with E-state index >= 15 is 0 Å². The molecule has 3 nitrogen and oxygen atoms in total. The molecule has 0 radical (unpaired) electrons. The summed E-state index contributed by atoms with van der Waals surface area (Å²) in [5.74, 6) is 1.27. The van der Waals surface area contributed by atoms with Crippen LogP contribution in [0.3, 0.4) is 0 Å². The number of ketones is 1. The molecule has 0 amide bonds. The first kappa shape index (κ1) is 12.4. The van der Waals surface area contributed by atoms with Crippen LogP contribution in [0.4, 0.5) is 5.69 Å². The third-order valence-corrected chi connectivity index (χ3v) is 4.10.